The van der Waals surface area contributed by atoms with Crippen molar-refractivity contribution >= 4 is 5.97 Å². The van der Waals surface area contributed by atoms with Gasteiger partial charge in [0, 0.05) is 7.05 Å². The number of hydrogen-bond donors (Lipinski definition) is 2. The molecule has 2 N–H and O–H groups in total. The molecule has 0 spiro atoms. The Bertz CT molecular complexity index is 232. The fourth-order valence-corrected chi connectivity index (χ4v) is 0.899. The minimum absolute atomic E-state index is 0.176. The molecule has 0 aliphatic rings. The minimum Gasteiger partial charge on any atom is -0.478 e. The number of rotatable bonds is 3. The van der Waals surface area contributed by atoms with E-state index in [0.717, 1.165) is 7.05 Å². The Labute approximate surface area is 73.2 Å². The molecule has 0 fully saturated rings. The first-order valence-electron chi connectivity index (χ1n) is 3.56. The predicted molar refractivity (Wildman–Crippen MR) is 40.1 cm³/mol. The summed E-state index contributed by atoms with van der Waals surface area (Å²) in [6.07, 6.45) is -4.82. The summed E-state index contributed by atoms with van der Waals surface area (Å²) < 4.78 is 36.4. The number of alkyl halides is 3. The number of nitrogens with one attached hydrogen (secondary N) is 1. The van der Waals surface area contributed by atoms with Crippen LogP contribution in [0.5, 0.6) is 0 Å². The molecule has 0 amide bonds. The molecule has 13 heavy (non-hydrogen) atoms. The van der Waals surface area contributed by atoms with Gasteiger partial charge in [-0.3, -0.25) is 0 Å². The lowest BCUT2D eigenvalue weighted by molar-refractivity contribution is -0.134. The van der Waals surface area contributed by atoms with Gasteiger partial charge in [0.05, 0.1) is 5.57 Å². The van der Waals surface area contributed by atoms with E-state index in [1.807, 2.05) is 5.32 Å². The van der Waals surface area contributed by atoms with Crippen LogP contribution in [0.3, 0.4) is 0 Å². The number of aliphatic carboxylic acids is 1. The highest BCUT2D eigenvalue weighted by Gasteiger charge is 2.36. The summed E-state index contributed by atoms with van der Waals surface area (Å²) >= 11 is 0. The largest absolute Gasteiger partial charge is 0.478 e. The number of carboxylic acids is 1. The fraction of sp³-hybridized carbons (Fsp3) is 0.571. The van der Waals surface area contributed by atoms with Gasteiger partial charge in [-0.15, -0.1) is 0 Å². The number of hydrogen-bond acceptors (Lipinski definition) is 2. The standard InChI is InChI=1S/C7H10F3NO2/c1-3-4(6(12)13)5(11-2)7(8,9)10/h11H,3H2,1-2H3,(H,12,13)/b5-4-. The van der Waals surface area contributed by atoms with Crippen molar-refractivity contribution < 1.29 is 23.1 Å². The predicted octanol–water partition coefficient (Wildman–Crippen LogP) is 1.52. The van der Waals surface area contributed by atoms with Crippen molar-refractivity contribution in [3.63, 3.8) is 0 Å². The van der Waals surface area contributed by atoms with Gasteiger partial charge in [-0.2, -0.15) is 13.2 Å². The topological polar surface area (TPSA) is 49.3 Å². The van der Waals surface area contributed by atoms with Crippen molar-refractivity contribution in [2.45, 2.75) is 19.5 Å². The van der Waals surface area contributed by atoms with Gasteiger partial charge in [-0.05, 0) is 6.42 Å². The van der Waals surface area contributed by atoms with Gasteiger partial charge in [0.25, 0.3) is 0 Å². The molecule has 0 radical (unpaired) electrons. The van der Waals surface area contributed by atoms with Crippen LogP contribution in [0.1, 0.15) is 13.3 Å². The van der Waals surface area contributed by atoms with E-state index in [0.29, 0.717) is 0 Å². The summed E-state index contributed by atoms with van der Waals surface area (Å²) in [5.74, 6) is -1.55. The van der Waals surface area contributed by atoms with Crippen LogP contribution in [0.25, 0.3) is 0 Å². The van der Waals surface area contributed by atoms with Crippen molar-refractivity contribution in [1.82, 2.24) is 5.32 Å². The van der Waals surface area contributed by atoms with E-state index < -0.39 is 23.4 Å². The second kappa shape index (κ2) is 4.15. The Morgan fingerprint density at radius 1 is 1.46 bits per heavy atom. The van der Waals surface area contributed by atoms with E-state index in [1.54, 1.807) is 0 Å². The molecule has 0 atom stereocenters. The molecule has 0 aromatic heterocycles. The second-order valence-electron chi connectivity index (χ2n) is 2.26. The molecule has 0 saturated heterocycles. The molecule has 0 rings (SSSR count). The normalized spacial score (nSPS) is 13.6. The lowest BCUT2D eigenvalue weighted by Gasteiger charge is -2.13. The molecule has 0 aliphatic carbocycles. The summed E-state index contributed by atoms with van der Waals surface area (Å²) in [6.45, 7) is 1.35. The molecule has 3 nitrogen and oxygen atoms in total. The van der Waals surface area contributed by atoms with Gasteiger partial charge >= 0.3 is 12.1 Å². The Morgan fingerprint density at radius 3 is 2.00 bits per heavy atom. The zero-order valence-corrected chi connectivity index (χ0v) is 7.20. The van der Waals surface area contributed by atoms with Crippen LogP contribution in [0, 0.1) is 0 Å². The Balaban J connectivity index is 5.19. The zero-order chi connectivity index (χ0) is 10.6. The maximum Gasteiger partial charge on any atom is 0.431 e. The first kappa shape index (κ1) is 11.8. The Morgan fingerprint density at radius 2 is 1.92 bits per heavy atom. The molecule has 6 heteroatoms. The van der Waals surface area contributed by atoms with Crippen molar-refractivity contribution in [1.29, 1.82) is 0 Å². The summed E-state index contributed by atoms with van der Waals surface area (Å²) in [5.41, 5.74) is -1.85. The molecule has 0 aromatic carbocycles. The maximum atomic E-state index is 12.1. The van der Waals surface area contributed by atoms with Gasteiger partial charge in [0.2, 0.25) is 0 Å². The van der Waals surface area contributed by atoms with E-state index in [-0.39, 0.29) is 6.42 Å². The highest BCUT2D eigenvalue weighted by Crippen LogP contribution is 2.26. The van der Waals surface area contributed by atoms with Crippen LogP contribution in [0.4, 0.5) is 13.2 Å². The quantitative estimate of drug-likeness (QED) is 0.674. The number of allylic oxidation sites excluding steroid dienone is 1. The van der Waals surface area contributed by atoms with Gasteiger partial charge in [-0.1, -0.05) is 6.92 Å². The van der Waals surface area contributed by atoms with Crippen molar-refractivity contribution in [2.24, 2.45) is 0 Å². The molecule has 0 heterocycles. The highest BCUT2D eigenvalue weighted by atomic mass is 19.4. The van der Waals surface area contributed by atoms with Crippen LogP contribution < -0.4 is 5.32 Å². The van der Waals surface area contributed by atoms with Crippen molar-refractivity contribution in [2.75, 3.05) is 7.05 Å². The summed E-state index contributed by atoms with van der Waals surface area (Å²) in [4.78, 5) is 10.4. The van der Waals surface area contributed by atoms with Crippen LogP contribution in [0.2, 0.25) is 0 Å². The molecular weight excluding hydrogens is 187 g/mol. The lowest BCUT2D eigenvalue weighted by atomic mass is 10.1. The van der Waals surface area contributed by atoms with E-state index in [1.165, 1.54) is 6.92 Å². The molecular formula is C7H10F3NO2. The third-order valence-corrected chi connectivity index (χ3v) is 1.45. The summed E-state index contributed by atoms with van der Waals surface area (Å²) in [5, 5.41) is 10.3. The average Bonchev–Trinajstić information content (AvgIpc) is 1.96. The smallest absolute Gasteiger partial charge is 0.431 e. The van der Waals surface area contributed by atoms with Gasteiger partial charge in [0.15, 0.2) is 0 Å². The van der Waals surface area contributed by atoms with Gasteiger partial charge in [0.1, 0.15) is 5.70 Å². The van der Waals surface area contributed by atoms with E-state index >= 15 is 0 Å². The molecule has 0 bridgehead atoms. The summed E-state index contributed by atoms with van der Waals surface area (Å²) in [7, 11) is 1.04. The monoisotopic (exact) mass is 197 g/mol. The summed E-state index contributed by atoms with van der Waals surface area (Å²) in [6, 6.07) is 0. The highest BCUT2D eigenvalue weighted by molar-refractivity contribution is 5.87. The third-order valence-electron chi connectivity index (χ3n) is 1.45. The van der Waals surface area contributed by atoms with Crippen molar-refractivity contribution in [3.8, 4) is 0 Å². The van der Waals surface area contributed by atoms with Crippen LogP contribution >= 0.6 is 0 Å². The Kier molecular flexibility index (Phi) is 3.77. The molecule has 76 valence electrons. The molecule has 0 aliphatic heterocycles. The van der Waals surface area contributed by atoms with Crippen LogP contribution in [-0.4, -0.2) is 24.3 Å². The van der Waals surface area contributed by atoms with E-state index in [2.05, 4.69) is 0 Å². The van der Waals surface area contributed by atoms with Crippen molar-refractivity contribution in [3.05, 3.63) is 11.3 Å². The van der Waals surface area contributed by atoms with Gasteiger partial charge in [-0.25, -0.2) is 4.79 Å². The zero-order valence-electron chi connectivity index (χ0n) is 7.20. The Hall–Kier alpha value is -1.20. The van der Waals surface area contributed by atoms with Crippen LogP contribution in [0.15, 0.2) is 11.3 Å². The van der Waals surface area contributed by atoms with E-state index in [4.69, 9.17) is 5.11 Å². The average molecular weight is 197 g/mol. The number of carboxylic acid groups (broad SMARTS) is 1. The molecule has 0 unspecified atom stereocenters. The lowest BCUT2D eigenvalue weighted by Crippen LogP contribution is -2.27. The molecule has 0 saturated carbocycles. The third kappa shape index (κ3) is 2.96. The number of carbonyl (C=O) groups is 1. The van der Waals surface area contributed by atoms with Crippen LogP contribution in [-0.2, 0) is 4.79 Å². The fourth-order valence-electron chi connectivity index (χ4n) is 0.899. The maximum absolute atomic E-state index is 12.1. The SMILES string of the molecule is CC/C(C(=O)O)=C(/NC)C(F)(F)F. The first-order valence-corrected chi connectivity index (χ1v) is 3.56. The van der Waals surface area contributed by atoms with E-state index in [9.17, 15) is 18.0 Å². The second-order valence-corrected chi connectivity index (χ2v) is 2.26. The molecule has 0 aromatic rings. The minimum atomic E-state index is -4.64. The number of halogens is 3. The van der Waals surface area contributed by atoms with Gasteiger partial charge < -0.3 is 10.4 Å². The first-order chi connectivity index (χ1) is 5.84.